The van der Waals surface area contributed by atoms with E-state index in [-0.39, 0.29) is 17.1 Å². The third-order valence-electron chi connectivity index (χ3n) is 3.65. The molecule has 0 spiro atoms. The van der Waals surface area contributed by atoms with Crippen LogP contribution in [0.4, 0.5) is 8.78 Å². The standard InChI is InChI=1S/C17H10F2N2O2/c1-9-2-5-15-10(6-9)7-12-16(23-15)20-21(17(12)22)14-4-3-11(18)8-13(14)19/h2-8H,1H3. The minimum absolute atomic E-state index is 0.107. The molecule has 2 aliphatic heterocycles. The monoisotopic (exact) mass is 312 g/mol. The number of hydrogen-bond acceptors (Lipinski definition) is 3. The number of halogens is 2. The predicted molar refractivity (Wildman–Crippen MR) is 80.9 cm³/mol. The van der Waals surface area contributed by atoms with E-state index in [1.165, 1.54) is 6.07 Å². The maximum Gasteiger partial charge on any atom is 0.284 e. The molecular formula is C17H10F2N2O2. The molecule has 2 aliphatic rings. The quantitative estimate of drug-likeness (QED) is 0.539. The maximum absolute atomic E-state index is 13.9. The zero-order valence-electron chi connectivity index (χ0n) is 12.0. The lowest BCUT2D eigenvalue weighted by atomic mass is 10.1. The van der Waals surface area contributed by atoms with Gasteiger partial charge < -0.3 is 4.42 Å². The molecule has 4 nitrogen and oxygen atoms in total. The number of aryl methyl sites for hydroxylation is 1. The van der Waals surface area contributed by atoms with E-state index in [1.54, 1.807) is 12.1 Å². The van der Waals surface area contributed by atoms with Gasteiger partial charge in [0.05, 0.1) is 0 Å². The van der Waals surface area contributed by atoms with E-state index in [0.29, 0.717) is 11.6 Å². The molecular weight excluding hydrogens is 302 g/mol. The van der Waals surface area contributed by atoms with Crippen molar-refractivity contribution in [2.45, 2.75) is 6.92 Å². The first-order valence-electron chi connectivity index (χ1n) is 6.91. The number of fused-ring (bicyclic) bond motifs is 2. The Kier molecular flexibility index (Phi) is 2.81. The Morgan fingerprint density at radius 1 is 1.09 bits per heavy atom. The highest BCUT2D eigenvalue weighted by Gasteiger charge is 2.21. The van der Waals surface area contributed by atoms with Gasteiger partial charge in [-0.05, 0) is 37.3 Å². The fourth-order valence-corrected chi connectivity index (χ4v) is 2.54. The summed E-state index contributed by atoms with van der Waals surface area (Å²) < 4.78 is 33.4. The van der Waals surface area contributed by atoms with E-state index in [0.717, 1.165) is 21.7 Å². The summed E-state index contributed by atoms with van der Waals surface area (Å²) in [5.74, 6) is -1.48. The Balaban J connectivity index is 2.02. The van der Waals surface area contributed by atoms with Gasteiger partial charge >= 0.3 is 0 Å². The lowest BCUT2D eigenvalue weighted by Gasteiger charge is -2.01. The summed E-state index contributed by atoms with van der Waals surface area (Å²) in [5.41, 5.74) is 1.20. The molecule has 0 saturated carbocycles. The van der Waals surface area contributed by atoms with Gasteiger partial charge in [-0.15, -0.1) is 5.10 Å². The van der Waals surface area contributed by atoms with Gasteiger partial charge in [-0.2, -0.15) is 4.68 Å². The highest BCUT2D eigenvalue weighted by atomic mass is 19.1. The smallest absolute Gasteiger partial charge is 0.284 e. The van der Waals surface area contributed by atoms with Gasteiger partial charge in [0.1, 0.15) is 22.7 Å². The number of nitrogens with zero attached hydrogens (tertiary/aromatic N) is 2. The van der Waals surface area contributed by atoms with Crippen LogP contribution < -0.4 is 5.56 Å². The average molecular weight is 312 g/mol. The molecule has 0 aromatic heterocycles. The van der Waals surface area contributed by atoms with Gasteiger partial charge in [-0.25, -0.2) is 8.78 Å². The number of hydrogen-bond donors (Lipinski definition) is 0. The minimum Gasteiger partial charge on any atom is -0.436 e. The summed E-state index contributed by atoms with van der Waals surface area (Å²) in [6, 6.07) is 10.2. The van der Waals surface area contributed by atoms with Gasteiger partial charge in [0, 0.05) is 11.5 Å². The summed E-state index contributed by atoms with van der Waals surface area (Å²) in [4.78, 5) is 12.5. The van der Waals surface area contributed by atoms with Crippen LogP contribution >= 0.6 is 0 Å². The molecule has 23 heavy (non-hydrogen) atoms. The first-order valence-corrected chi connectivity index (χ1v) is 6.91. The normalized spacial score (nSPS) is 11.4. The Bertz CT molecular complexity index is 1080. The van der Waals surface area contributed by atoms with Crippen molar-refractivity contribution in [1.82, 2.24) is 9.78 Å². The summed E-state index contributed by atoms with van der Waals surface area (Å²) >= 11 is 0. The molecule has 114 valence electrons. The molecule has 4 rings (SSSR count). The van der Waals surface area contributed by atoms with Crippen molar-refractivity contribution in [3.8, 4) is 17.1 Å². The van der Waals surface area contributed by atoms with Crippen LogP contribution in [-0.2, 0) is 0 Å². The minimum atomic E-state index is -0.865. The van der Waals surface area contributed by atoms with Crippen molar-refractivity contribution >= 4 is 11.0 Å². The van der Waals surface area contributed by atoms with Gasteiger partial charge in [-0.3, -0.25) is 4.79 Å². The molecule has 0 N–H and O–H groups in total. The van der Waals surface area contributed by atoms with Crippen molar-refractivity contribution in [2.24, 2.45) is 0 Å². The number of aromatic nitrogens is 2. The maximum atomic E-state index is 13.9. The van der Waals surface area contributed by atoms with Gasteiger partial charge in [-0.1, -0.05) is 11.6 Å². The summed E-state index contributed by atoms with van der Waals surface area (Å²) in [6.07, 6.45) is 0. The van der Waals surface area contributed by atoms with E-state index in [9.17, 15) is 13.6 Å². The Hall–Kier alpha value is -3.02. The largest absolute Gasteiger partial charge is 0.436 e. The van der Waals surface area contributed by atoms with E-state index < -0.39 is 17.2 Å². The van der Waals surface area contributed by atoms with Crippen LogP contribution in [0.25, 0.3) is 28.1 Å². The number of benzene rings is 2. The molecule has 0 fully saturated rings. The zero-order valence-corrected chi connectivity index (χ0v) is 12.0. The number of rotatable bonds is 1. The highest BCUT2D eigenvalue weighted by Crippen LogP contribution is 2.26. The van der Waals surface area contributed by atoms with Crippen LogP contribution in [0.15, 0.2) is 51.7 Å². The fourth-order valence-electron chi connectivity index (χ4n) is 2.54. The molecule has 0 radical (unpaired) electrons. The van der Waals surface area contributed by atoms with Crippen LogP contribution in [0.5, 0.6) is 0 Å². The summed E-state index contributed by atoms with van der Waals surface area (Å²) in [7, 11) is 0. The topological polar surface area (TPSA) is 48.0 Å². The second-order valence-electron chi connectivity index (χ2n) is 5.32. The van der Waals surface area contributed by atoms with Crippen molar-refractivity contribution in [2.75, 3.05) is 0 Å². The van der Waals surface area contributed by atoms with Gasteiger partial charge in [0.15, 0.2) is 5.82 Å². The molecule has 0 amide bonds. The van der Waals surface area contributed by atoms with E-state index in [2.05, 4.69) is 5.10 Å². The first kappa shape index (κ1) is 13.6. The third kappa shape index (κ3) is 2.11. The lowest BCUT2D eigenvalue weighted by molar-refractivity contribution is 0.565. The molecule has 0 unspecified atom stereocenters. The van der Waals surface area contributed by atoms with Crippen LogP contribution in [0.1, 0.15) is 5.56 Å². The molecule has 0 bridgehead atoms. The van der Waals surface area contributed by atoms with Crippen molar-refractivity contribution in [1.29, 1.82) is 0 Å². The van der Waals surface area contributed by atoms with Crippen molar-refractivity contribution < 1.29 is 13.2 Å². The first-order chi connectivity index (χ1) is 11.0. The van der Waals surface area contributed by atoms with Crippen molar-refractivity contribution in [3.63, 3.8) is 0 Å². The highest BCUT2D eigenvalue weighted by molar-refractivity contribution is 5.82. The Morgan fingerprint density at radius 3 is 2.70 bits per heavy atom. The zero-order chi connectivity index (χ0) is 16.1. The average Bonchev–Trinajstić information content (AvgIpc) is 2.82. The second-order valence-corrected chi connectivity index (χ2v) is 5.32. The SMILES string of the molecule is Cc1ccc2oc3nn(-c4ccc(F)cc4F)c(=O)c-3cc2c1. The lowest BCUT2D eigenvalue weighted by Crippen LogP contribution is -2.15. The molecule has 2 aromatic rings. The van der Waals surface area contributed by atoms with Crippen LogP contribution in [0, 0.1) is 18.6 Å². The van der Waals surface area contributed by atoms with Crippen molar-refractivity contribution in [3.05, 3.63) is 70.0 Å². The van der Waals surface area contributed by atoms with Gasteiger partial charge in [0.25, 0.3) is 5.56 Å². The Morgan fingerprint density at radius 2 is 1.91 bits per heavy atom. The Labute approximate surface area is 128 Å². The van der Waals surface area contributed by atoms with Crippen LogP contribution in [0.2, 0.25) is 0 Å². The fraction of sp³-hybridized carbons (Fsp3) is 0.0588. The van der Waals surface area contributed by atoms with E-state index in [1.807, 2.05) is 19.1 Å². The van der Waals surface area contributed by atoms with Crippen LogP contribution in [-0.4, -0.2) is 9.78 Å². The van der Waals surface area contributed by atoms with Crippen LogP contribution in [0.3, 0.4) is 0 Å². The molecule has 2 heterocycles. The second kappa shape index (κ2) is 4.74. The molecule has 6 heteroatoms. The molecule has 0 saturated heterocycles. The summed E-state index contributed by atoms with van der Waals surface area (Å²) in [5, 5.41) is 4.78. The third-order valence-corrected chi connectivity index (χ3v) is 3.65. The predicted octanol–water partition coefficient (Wildman–Crippen LogP) is 3.67. The molecule has 2 aromatic carbocycles. The van der Waals surface area contributed by atoms with E-state index >= 15 is 0 Å². The summed E-state index contributed by atoms with van der Waals surface area (Å²) in [6.45, 7) is 1.93. The van der Waals surface area contributed by atoms with E-state index in [4.69, 9.17) is 4.42 Å². The molecule has 0 aliphatic carbocycles. The molecule has 0 atom stereocenters. The van der Waals surface area contributed by atoms with Gasteiger partial charge in [0.2, 0.25) is 5.89 Å².